The molecule has 0 aliphatic carbocycles. The van der Waals surface area contributed by atoms with Gasteiger partial charge >= 0.3 is 17.9 Å². The van der Waals surface area contributed by atoms with Gasteiger partial charge in [-0.15, -0.1) is 0 Å². The van der Waals surface area contributed by atoms with Crippen LogP contribution in [0.1, 0.15) is 12.5 Å². The molecule has 0 N–H and O–H groups in total. The third kappa shape index (κ3) is 5.72. The van der Waals surface area contributed by atoms with E-state index in [1.807, 2.05) is 43.3 Å². The Morgan fingerprint density at radius 2 is 1.84 bits per heavy atom. The first-order valence-electron chi connectivity index (χ1n) is 11.8. The Hall–Kier alpha value is -3.99. The zero-order valence-electron chi connectivity index (χ0n) is 20.2. The Morgan fingerprint density at radius 1 is 1.14 bits per heavy atom. The summed E-state index contributed by atoms with van der Waals surface area (Å²) in [5.74, 6) is 0.456. The predicted molar refractivity (Wildman–Crippen MR) is 135 cm³/mol. The lowest BCUT2D eigenvalue weighted by molar-refractivity contribution is -0.389. The Labute approximate surface area is 218 Å². The molecule has 3 aromatic rings. The lowest BCUT2D eigenvalue weighted by Gasteiger charge is -2.35. The van der Waals surface area contributed by atoms with Crippen molar-refractivity contribution < 1.29 is 23.9 Å². The van der Waals surface area contributed by atoms with Gasteiger partial charge in [-0.05, 0) is 53.8 Å². The molecule has 3 heterocycles. The number of aromatic nitrogens is 2. The number of carbonyl (C=O) groups excluding carboxylic acids is 1. The SMILES string of the molecule is C[C@]1(COc2ccc(N3CCN(C(=O)OCc4ccc(Cl)cc4)CC3)cc2)Cn2cc([N+](=O)[O-])nc2O1. The number of carbonyl (C=O) groups is 1. The number of hydrogen-bond donors (Lipinski definition) is 0. The summed E-state index contributed by atoms with van der Waals surface area (Å²) in [6.45, 7) is 5.29. The minimum absolute atomic E-state index is 0.213. The van der Waals surface area contributed by atoms with Crippen molar-refractivity contribution in [1.29, 1.82) is 0 Å². The molecule has 194 valence electrons. The van der Waals surface area contributed by atoms with Gasteiger partial charge < -0.3 is 34.1 Å². The van der Waals surface area contributed by atoms with E-state index in [0.717, 1.165) is 11.3 Å². The number of anilines is 1. The summed E-state index contributed by atoms with van der Waals surface area (Å²) in [5.41, 5.74) is 1.26. The second-order valence-electron chi connectivity index (χ2n) is 9.26. The van der Waals surface area contributed by atoms with Crippen LogP contribution in [0.25, 0.3) is 0 Å². The molecule has 2 aliphatic rings. The maximum absolute atomic E-state index is 12.4. The quantitative estimate of drug-likeness (QED) is 0.333. The summed E-state index contributed by atoms with van der Waals surface area (Å²) >= 11 is 5.89. The van der Waals surface area contributed by atoms with Crippen LogP contribution in [0.4, 0.5) is 16.3 Å². The number of nitrogens with zero attached hydrogens (tertiary/aromatic N) is 5. The van der Waals surface area contributed by atoms with E-state index in [4.69, 9.17) is 25.8 Å². The zero-order chi connectivity index (χ0) is 26.0. The van der Waals surface area contributed by atoms with Crippen LogP contribution in [0.2, 0.25) is 5.02 Å². The fourth-order valence-electron chi connectivity index (χ4n) is 4.31. The number of halogens is 1. The van der Waals surface area contributed by atoms with E-state index in [0.29, 0.717) is 43.5 Å². The number of imidazole rings is 1. The molecular weight excluding hydrogens is 502 g/mol. The molecule has 1 amide bonds. The molecule has 1 saturated heterocycles. The van der Waals surface area contributed by atoms with Gasteiger partial charge in [-0.1, -0.05) is 23.7 Å². The van der Waals surface area contributed by atoms with E-state index < -0.39 is 10.5 Å². The summed E-state index contributed by atoms with van der Waals surface area (Å²) in [6.07, 6.45) is 1.05. The molecule has 0 spiro atoms. The Bertz CT molecular complexity index is 1250. The van der Waals surface area contributed by atoms with Gasteiger partial charge in [0.05, 0.1) is 6.54 Å². The Balaban J connectivity index is 1.07. The van der Waals surface area contributed by atoms with Gasteiger partial charge in [-0.2, -0.15) is 0 Å². The van der Waals surface area contributed by atoms with E-state index in [2.05, 4.69) is 9.88 Å². The molecule has 12 heteroatoms. The van der Waals surface area contributed by atoms with Gasteiger partial charge in [0.1, 0.15) is 25.2 Å². The molecule has 1 fully saturated rings. The highest BCUT2D eigenvalue weighted by Gasteiger charge is 2.41. The molecule has 11 nitrogen and oxygen atoms in total. The highest BCUT2D eigenvalue weighted by molar-refractivity contribution is 6.30. The number of nitro groups is 1. The van der Waals surface area contributed by atoms with Gasteiger partial charge in [-0.3, -0.25) is 4.57 Å². The molecule has 0 radical (unpaired) electrons. The highest BCUT2D eigenvalue weighted by atomic mass is 35.5. The molecular formula is C25H26ClN5O6. The lowest BCUT2D eigenvalue weighted by Crippen LogP contribution is -2.48. The second kappa shape index (κ2) is 10.2. The lowest BCUT2D eigenvalue weighted by atomic mass is 10.1. The van der Waals surface area contributed by atoms with E-state index in [9.17, 15) is 14.9 Å². The number of rotatable bonds is 7. The van der Waals surface area contributed by atoms with Crippen molar-refractivity contribution in [3.63, 3.8) is 0 Å². The maximum atomic E-state index is 12.4. The van der Waals surface area contributed by atoms with Gasteiger partial charge in [0.25, 0.3) is 0 Å². The summed E-state index contributed by atoms with van der Waals surface area (Å²) in [6, 6.07) is 15.2. The minimum Gasteiger partial charge on any atom is -0.489 e. The van der Waals surface area contributed by atoms with Crippen molar-refractivity contribution in [3.05, 3.63) is 75.4 Å². The summed E-state index contributed by atoms with van der Waals surface area (Å²) in [4.78, 5) is 30.6. The van der Waals surface area contributed by atoms with E-state index in [1.165, 1.54) is 6.20 Å². The smallest absolute Gasteiger partial charge is 0.415 e. The summed E-state index contributed by atoms with van der Waals surface area (Å²) in [5, 5.41) is 11.5. The fourth-order valence-corrected chi connectivity index (χ4v) is 4.44. The van der Waals surface area contributed by atoms with E-state index in [1.54, 1.807) is 21.6 Å². The molecule has 37 heavy (non-hydrogen) atoms. The van der Waals surface area contributed by atoms with Crippen molar-refractivity contribution in [2.24, 2.45) is 0 Å². The van der Waals surface area contributed by atoms with Gasteiger partial charge in [0.15, 0.2) is 5.60 Å². The molecule has 2 aliphatic heterocycles. The number of fused-ring (bicyclic) bond motifs is 1. The van der Waals surface area contributed by atoms with Crippen molar-refractivity contribution in [3.8, 4) is 11.8 Å². The zero-order valence-corrected chi connectivity index (χ0v) is 21.0. The molecule has 1 atom stereocenters. The van der Waals surface area contributed by atoms with Crippen molar-refractivity contribution >= 4 is 29.2 Å². The van der Waals surface area contributed by atoms with Gasteiger partial charge in [-0.25, -0.2) is 4.79 Å². The van der Waals surface area contributed by atoms with Crippen molar-refractivity contribution in [2.45, 2.75) is 25.7 Å². The average molecular weight is 528 g/mol. The first-order chi connectivity index (χ1) is 17.8. The van der Waals surface area contributed by atoms with Crippen LogP contribution in [0.15, 0.2) is 54.7 Å². The predicted octanol–water partition coefficient (Wildman–Crippen LogP) is 4.13. The molecule has 0 unspecified atom stereocenters. The van der Waals surface area contributed by atoms with Crippen LogP contribution in [0.3, 0.4) is 0 Å². The highest BCUT2D eigenvalue weighted by Crippen LogP contribution is 2.31. The Morgan fingerprint density at radius 3 is 2.49 bits per heavy atom. The molecule has 0 bridgehead atoms. The maximum Gasteiger partial charge on any atom is 0.415 e. The topological polar surface area (TPSA) is 112 Å². The minimum atomic E-state index is -0.672. The third-order valence-electron chi connectivity index (χ3n) is 6.32. The largest absolute Gasteiger partial charge is 0.489 e. The average Bonchev–Trinajstić information content (AvgIpc) is 3.43. The second-order valence-corrected chi connectivity index (χ2v) is 9.69. The molecule has 0 saturated carbocycles. The molecule has 1 aromatic heterocycles. The van der Waals surface area contributed by atoms with E-state index >= 15 is 0 Å². The fraction of sp³-hybridized carbons (Fsp3) is 0.360. The van der Waals surface area contributed by atoms with Gasteiger partial charge in [0, 0.05) is 41.9 Å². The van der Waals surface area contributed by atoms with Crippen LogP contribution in [-0.4, -0.2) is 63.9 Å². The van der Waals surface area contributed by atoms with Crippen molar-refractivity contribution in [1.82, 2.24) is 14.5 Å². The molecule has 5 rings (SSSR count). The first kappa shape index (κ1) is 24.7. The number of ether oxygens (including phenoxy) is 3. The molecule has 2 aromatic carbocycles. The monoisotopic (exact) mass is 527 g/mol. The number of piperazine rings is 1. The standard InChI is InChI=1S/C25H26ClN5O6/c1-25(16-30-14-22(31(33)34)27-23(30)37-25)17-36-21-8-6-20(7-9-21)28-10-12-29(13-11-28)24(32)35-15-18-2-4-19(26)5-3-18/h2-9,14H,10-13,15-17H2,1H3/t25-/m1/s1. The summed E-state index contributed by atoms with van der Waals surface area (Å²) < 4.78 is 18.8. The first-order valence-corrected chi connectivity index (χ1v) is 12.2. The van der Waals surface area contributed by atoms with Crippen LogP contribution in [0.5, 0.6) is 11.8 Å². The van der Waals surface area contributed by atoms with Crippen molar-refractivity contribution in [2.75, 3.05) is 37.7 Å². The van der Waals surface area contributed by atoms with Crippen LogP contribution >= 0.6 is 11.6 Å². The Kier molecular flexibility index (Phi) is 6.79. The number of amides is 1. The van der Waals surface area contributed by atoms with Gasteiger partial charge in [0.2, 0.25) is 0 Å². The summed E-state index contributed by atoms with van der Waals surface area (Å²) in [7, 11) is 0. The number of benzene rings is 2. The van der Waals surface area contributed by atoms with Crippen LogP contribution in [-0.2, 0) is 17.9 Å². The normalized spacial score (nSPS) is 18.8. The number of hydrogen-bond acceptors (Lipinski definition) is 8. The van der Waals surface area contributed by atoms with Crippen LogP contribution in [0, 0.1) is 10.1 Å². The third-order valence-corrected chi connectivity index (χ3v) is 6.57. The van der Waals surface area contributed by atoms with E-state index in [-0.39, 0.29) is 31.1 Å². The van der Waals surface area contributed by atoms with Crippen LogP contribution < -0.4 is 14.4 Å².